The molecule has 8 heteroatoms. The number of para-hydroxylation sites is 2. The summed E-state index contributed by atoms with van der Waals surface area (Å²) in [6.45, 7) is 3.86. The van der Waals surface area contributed by atoms with E-state index in [2.05, 4.69) is 10.6 Å². The van der Waals surface area contributed by atoms with Crippen LogP contribution in [0.4, 0.5) is 5.69 Å². The first-order valence-electron chi connectivity index (χ1n) is 8.57. The van der Waals surface area contributed by atoms with Gasteiger partial charge in [0.05, 0.1) is 33.1 Å². The molecule has 0 unspecified atom stereocenters. The van der Waals surface area contributed by atoms with Crippen molar-refractivity contribution in [2.24, 2.45) is 0 Å². The number of thiocarbonyl (C=S) groups is 1. The third-order valence-corrected chi connectivity index (χ3v) is 3.86. The summed E-state index contributed by atoms with van der Waals surface area (Å²) < 4.78 is 21.5. The van der Waals surface area contributed by atoms with Crippen LogP contribution in [0.5, 0.6) is 23.0 Å². The second-order valence-electron chi connectivity index (χ2n) is 5.99. The normalized spacial score (nSPS) is 10.2. The third kappa shape index (κ3) is 5.26. The highest BCUT2D eigenvalue weighted by Gasteiger charge is 2.18. The number of methoxy groups -OCH3 is 3. The Kier molecular flexibility index (Phi) is 7.45. The van der Waals surface area contributed by atoms with E-state index >= 15 is 0 Å². The second kappa shape index (κ2) is 9.80. The minimum atomic E-state index is -0.418. The van der Waals surface area contributed by atoms with Crippen molar-refractivity contribution in [3.05, 3.63) is 42.0 Å². The molecule has 150 valence electrons. The van der Waals surface area contributed by atoms with Crippen molar-refractivity contribution in [2.75, 3.05) is 26.6 Å². The number of hydrogen-bond donors (Lipinski definition) is 2. The van der Waals surface area contributed by atoms with Gasteiger partial charge in [-0.15, -0.1) is 0 Å². The molecular formula is C20H24N2O5S. The highest BCUT2D eigenvalue weighted by molar-refractivity contribution is 7.80. The molecule has 2 N–H and O–H groups in total. The van der Waals surface area contributed by atoms with Crippen molar-refractivity contribution in [2.45, 2.75) is 20.0 Å². The molecule has 0 aliphatic heterocycles. The Balaban J connectivity index is 2.16. The van der Waals surface area contributed by atoms with Crippen LogP contribution in [0, 0.1) is 0 Å². The lowest BCUT2D eigenvalue weighted by Crippen LogP contribution is -2.34. The van der Waals surface area contributed by atoms with Gasteiger partial charge >= 0.3 is 0 Å². The van der Waals surface area contributed by atoms with Crippen molar-refractivity contribution < 1.29 is 23.7 Å². The predicted molar refractivity (Wildman–Crippen MR) is 112 cm³/mol. The maximum atomic E-state index is 12.6. The summed E-state index contributed by atoms with van der Waals surface area (Å²) in [6, 6.07) is 10.4. The summed E-state index contributed by atoms with van der Waals surface area (Å²) in [7, 11) is 4.46. The van der Waals surface area contributed by atoms with Crippen LogP contribution in [0.25, 0.3) is 0 Å². The minimum absolute atomic E-state index is 0.00495. The van der Waals surface area contributed by atoms with Crippen LogP contribution in [-0.2, 0) is 0 Å². The average Bonchev–Trinajstić information content (AvgIpc) is 2.67. The first kappa shape index (κ1) is 21.3. The number of rotatable bonds is 7. The molecule has 0 saturated heterocycles. The summed E-state index contributed by atoms with van der Waals surface area (Å²) >= 11 is 5.27. The minimum Gasteiger partial charge on any atom is -0.493 e. The Morgan fingerprint density at radius 3 is 2.11 bits per heavy atom. The number of nitrogens with one attached hydrogen (secondary N) is 2. The molecule has 0 atom stereocenters. The fourth-order valence-corrected chi connectivity index (χ4v) is 2.67. The Bertz CT molecular complexity index is 829. The van der Waals surface area contributed by atoms with Gasteiger partial charge in [0.1, 0.15) is 5.75 Å². The maximum Gasteiger partial charge on any atom is 0.257 e. The molecule has 0 radical (unpaired) electrons. The smallest absolute Gasteiger partial charge is 0.257 e. The number of hydrogen-bond acceptors (Lipinski definition) is 6. The molecule has 0 aliphatic carbocycles. The number of ether oxygens (including phenoxy) is 4. The largest absolute Gasteiger partial charge is 0.493 e. The Morgan fingerprint density at radius 2 is 1.57 bits per heavy atom. The van der Waals surface area contributed by atoms with Crippen molar-refractivity contribution >= 4 is 28.9 Å². The molecule has 2 aromatic carbocycles. The van der Waals surface area contributed by atoms with Gasteiger partial charge in [-0.3, -0.25) is 10.1 Å². The van der Waals surface area contributed by atoms with E-state index in [-0.39, 0.29) is 11.2 Å². The van der Waals surface area contributed by atoms with Gasteiger partial charge in [-0.1, -0.05) is 12.1 Å². The van der Waals surface area contributed by atoms with Crippen LogP contribution in [0.15, 0.2) is 36.4 Å². The molecule has 1 amide bonds. The molecule has 0 bridgehead atoms. The lowest BCUT2D eigenvalue weighted by Gasteiger charge is -2.17. The summed E-state index contributed by atoms with van der Waals surface area (Å²) in [5, 5.41) is 5.76. The van der Waals surface area contributed by atoms with Gasteiger partial charge in [0, 0.05) is 5.56 Å². The number of carbonyl (C=O) groups excluding carboxylic acids is 1. The highest BCUT2D eigenvalue weighted by Crippen LogP contribution is 2.38. The second-order valence-corrected chi connectivity index (χ2v) is 6.39. The van der Waals surface area contributed by atoms with Gasteiger partial charge in [-0.25, -0.2) is 0 Å². The molecule has 0 aromatic heterocycles. The molecule has 0 saturated carbocycles. The van der Waals surface area contributed by atoms with E-state index in [1.165, 1.54) is 21.3 Å². The lowest BCUT2D eigenvalue weighted by molar-refractivity contribution is 0.0977. The number of anilines is 1. The van der Waals surface area contributed by atoms with Crippen LogP contribution < -0.4 is 29.6 Å². The van der Waals surface area contributed by atoms with E-state index in [9.17, 15) is 4.79 Å². The van der Waals surface area contributed by atoms with E-state index in [0.717, 1.165) is 0 Å². The zero-order valence-electron chi connectivity index (χ0n) is 16.5. The van der Waals surface area contributed by atoms with Gasteiger partial charge in [0.25, 0.3) is 5.91 Å². The van der Waals surface area contributed by atoms with Crippen molar-refractivity contribution in [3.63, 3.8) is 0 Å². The Morgan fingerprint density at radius 1 is 0.964 bits per heavy atom. The van der Waals surface area contributed by atoms with E-state index in [4.69, 9.17) is 31.2 Å². The van der Waals surface area contributed by atoms with Gasteiger partial charge in [0.2, 0.25) is 5.75 Å². The molecule has 0 heterocycles. The van der Waals surface area contributed by atoms with E-state index in [0.29, 0.717) is 34.2 Å². The third-order valence-electron chi connectivity index (χ3n) is 3.65. The Hall–Kier alpha value is -3.00. The molecule has 2 rings (SSSR count). The first-order valence-corrected chi connectivity index (χ1v) is 8.98. The van der Waals surface area contributed by atoms with Crippen molar-refractivity contribution in [1.29, 1.82) is 0 Å². The monoisotopic (exact) mass is 404 g/mol. The average molecular weight is 404 g/mol. The fourth-order valence-electron chi connectivity index (χ4n) is 2.47. The van der Waals surface area contributed by atoms with Crippen LogP contribution in [0.3, 0.4) is 0 Å². The van der Waals surface area contributed by atoms with Gasteiger partial charge in [-0.05, 0) is 50.3 Å². The fraction of sp³-hybridized carbons (Fsp3) is 0.300. The summed E-state index contributed by atoms with van der Waals surface area (Å²) in [6.07, 6.45) is 0.00495. The summed E-state index contributed by atoms with van der Waals surface area (Å²) in [4.78, 5) is 12.6. The van der Waals surface area contributed by atoms with Crippen molar-refractivity contribution in [1.82, 2.24) is 5.32 Å². The number of benzene rings is 2. The van der Waals surface area contributed by atoms with Crippen molar-refractivity contribution in [3.8, 4) is 23.0 Å². The van der Waals surface area contributed by atoms with Gasteiger partial charge in [0.15, 0.2) is 16.6 Å². The van der Waals surface area contributed by atoms with E-state index < -0.39 is 5.91 Å². The van der Waals surface area contributed by atoms with Crippen LogP contribution in [0.2, 0.25) is 0 Å². The molecule has 0 aliphatic rings. The van der Waals surface area contributed by atoms with Crippen LogP contribution in [0.1, 0.15) is 24.2 Å². The molecule has 0 spiro atoms. The lowest BCUT2D eigenvalue weighted by atomic mass is 10.1. The van der Waals surface area contributed by atoms with E-state index in [1.54, 1.807) is 12.1 Å². The SMILES string of the molecule is COc1cc(C(=O)NC(=S)Nc2ccccc2OC(C)C)cc(OC)c1OC. The molecular weight excluding hydrogens is 380 g/mol. The summed E-state index contributed by atoms with van der Waals surface area (Å²) in [5.74, 6) is 1.38. The quantitative estimate of drug-likeness (QED) is 0.683. The molecule has 7 nitrogen and oxygen atoms in total. The number of amides is 1. The van der Waals surface area contributed by atoms with Crippen LogP contribution >= 0.6 is 12.2 Å². The predicted octanol–water partition coefficient (Wildman–Crippen LogP) is 3.63. The topological polar surface area (TPSA) is 78.1 Å². The van der Waals surface area contributed by atoms with E-state index in [1.807, 2.05) is 38.1 Å². The summed E-state index contributed by atoms with van der Waals surface area (Å²) in [5.41, 5.74) is 0.969. The highest BCUT2D eigenvalue weighted by atomic mass is 32.1. The van der Waals surface area contributed by atoms with Gasteiger partial charge in [-0.2, -0.15) is 0 Å². The Labute approximate surface area is 169 Å². The number of carbonyl (C=O) groups is 1. The zero-order chi connectivity index (χ0) is 20.7. The molecule has 2 aromatic rings. The zero-order valence-corrected chi connectivity index (χ0v) is 17.3. The van der Waals surface area contributed by atoms with Gasteiger partial charge < -0.3 is 24.3 Å². The standard InChI is InChI=1S/C20H24N2O5S/c1-12(2)27-15-9-7-6-8-14(15)21-20(28)22-19(23)13-10-16(24-3)18(26-5)17(11-13)25-4/h6-12H,1-5H3,(H2,21,22,23,28). The molecule has 0 fully saturated rings. The first-order chi connectivity index (χ1) is 13.4. The van der Waals surface area contributed by atoms with Crippen LogP contribution in [-0.4, -0.2) is 38.5 Å². The maximum absolute atomic E-state index is 12.6. The molecule has 28 heavy (non-hydrogen) atoms.